The zero-order valence-corrected chi connectivity index (χ0v) is 22.5. The lowest BCUT2D eigenvalue weighted by Gasteiger charge is -2.39. The molecule has 10 heteroatoms. The summed E-state index contributed by atoms with van der Waals surface area (Å²) in [4.78, 5) is 32.5. The van der Waals surface area contributed by atoms with E-state index < -0.39 is 21.7 Å². The Bertz CT molecular complexity index is 1250. The van der Waals surface area contributed by atoms with Crippen LogP contribution in [0.25, 0.3) is 0 Å². The third-order valence-electron chi connectivity index (χ3n) is 6.95. The van der Waals surface area contributed by atoms with Gasteiger partial charge in [0.15, 0.2) is 9.84 Å². The second kappa shape index (κ2) is 10.8. The monoisotopic (exact) mass is 531 g/mol. The van der Waals surface area contributed by atoms with Crippen LogP contribution in [0.3, 0.4) is 0 Å². The van der Waals surface area contributed by atoms with Crippen molar-refractivity contribution in [3.63, 3.8) is 0 Å². The predicted molar refractivity (Wildman–Crippen MR) is 141 cm³/mol. The number of anilines is 2. The van der Waals surface area contributed by atoms with Crippen molar-refractivity contribution in [2.45, 2.75) is 46.4 Å². The highest BCUT2D eigenvalue weighted by Gasteiger charge is 2.34. The molecule has 0 radical (unpaired) electrons. The Hall–Kier alpha value is -2.56. The van der Waals surface area contributed by atoms with Crippen LogP contribution in [0.15, 0.2) is 57.2 Å². The van der Waals surface area contributed by atoms with Gasteiger partial charge in [-0.25, -0.2) is 8.42 Å². The molecular weight excluding hydrogens is 498 g/mol. The van der Waals surface area contributed by atoms with Crippen molar-refractivity contribution in [3.8, 4) is 0 Å². The molecule has 1 amide bonds. The van der Waals surface area contributed by atoms with Gasteiger partial charge in [0.2, 0.25) is 5.91 Å². The fraction of sp³-hybridized carbons (Fsp3) is 0.462. The van der Waals surface area contributed by atoms with Gasteiger partial charge in [0.25, 0.3) is 0 Å². The molecule has 2 heterocycles. The summed E-state index contributed by atoms with van der Waals surface area (Å²) in [5.41, 5.74) is 1.93. The summed E-state index contributed by atoms with van der Waals surface area (Å²) in [6.07, 6.45) is 3.36. The fourth-order valence-electron chi connectivity index (χ4n) is 4.93. The van der Waals surface area contributed by atoms with Gasteiger partial charge in [-0.3, -0.25) is 14.5 Å². The Balaban J connectivity index is 1.53. The first-order chi connectivity index (χ1) is 17.0. The maximum Gasteiger partial charge on any atom is 0.306 e. The van der Waals surface area contributed by atoms with E-state index in [1.165, 1.54) is 6.26 Å². The third-order valence-corrected chi connectivity index (χ3v) is 9.19. The van der Waals surface area contributed by atoms with Gasteiger partial charge < -0.3 is 14.9 Å². The number of likely N-dealkylation sites (tertiary alicyclic amines) is 1. The van der Waals surface area contributed by atoms with E-state index in [1.54, 1.807) is 42.9 Å². The van der Waals surface area contributed by atoms with Crippen molar-refractivity contribution >= 4 is 44.9 Å². The number of benzene rings is 2. The van der Waals surface area contributed by atoms with Gasteiger partial charge in [0.1, 0.15) is 0 Å². The van der Waals surface area contributed by atoms with Crippen molar-refractivity contribution in [2.24, 2.45) is 5.92 Å². The fourth-order valence-corrected chi connectivity index (χ4v) is 6.64. The number of hydrogen-bond donors (Lipinski definition) is 1. The normalized spacial score (nSPS) is 19.9. The van der Waals surface area contributed by atoms with Gasteiger partial charge in [0.05, 0.1) is 22.2 Å². The van der Waals surface area contributed by atoms with Gasteiger partial charge in [0, 0.05) is 55.7 Å². The van der Waals surface area contributed by atoms with Crippen molar-refractivity contribution in [2.75, 3.05) is 44.9 Å². The van der Waals surface area contributed by atoms with Crippen LogP contribution in [0.4, 0.5) is 11.4 Å². The van der Waals surface area contributed by atoms with Crippen LogP contribution in [-0.2, 0) is 19.4 Å². The lowest BCUT2D eigenvalue weighted by atomic mass is 9.89. The molecule has 4 rings (SSSR count). The topological polar surface area (TPSA) is 98.2 Å². The molecule has 2 aliphatic rings. The third kappa shape index (κ3) is 5.87. The largest absolute Gasteiger partial charge is 0.481 e. The zero-order chi connectivity index (χ0) is 26.0. The molecule has 2 aliphatic heterocycles. The summed E-state index contributed by atoms with van der Waals surface area (Å²) >= 11 is 1.64. The Morgan fingerprint density at radius 3 is 2.50 bits per heavy atom. The van der Waals surface area contributed by atoms with Crippen LogP contribution >= 0.6 is 11.8 Å². The number of sulfone groups is 1. The van der Waals surface area contributed by atoms with Gasteiger partial charge in [-0.1, -0.05) is 23.9 Å². The van der Waals surface area contributed by atoms with Crippen molar-refractivity contribution in [3.05, 3.63) is 42.5 Å². The standard InChI is InChI=1S/C26H33N3O5S2/c1-27(2)25(30)16-19-15-18(26(31)32)11-14-28(19)12-6-13-29-21-7-4-5-8-23(21)35-24-10-9-20(17-22(24)29)36(3,33)34/h4-5,7-10,17-19H,6,11-16H2,1-3H3,(H,31,32). The average molecular weight is 532 g/mol. The number of carbonyl (C=O) groups excluding carboxylic acids is 1. The Labute approximate surface area is 217 Å². The van der Waals surface area contributed by atoms with E-state index >= 15 is 0 Å². The number of fused-ring (bicyclic) bond motifs is 2. The molecule has 1 saturated heterocycles. The SMILES string of the molecule is CN(C)C(=O)CC1CC(C(=O)O)CCN1CCCN1c2ccccc2Sc2ccc(S(C)(=O)=O)cc21. The van der Waals surface area contributed by atoms with E-state index in [4.69, 9.17) is 0 Å². The van der Waals surface area contributed by atoms with E-state index in [9.17, 15) is 23.1 Å². The minimum Gasteiger partial charge on any atom is -0.481 e. The molecule has 8 nitrogen and oxygen atoms in total. The first-order valence-electron chi connectivity index (χ1n) is 12.1. The molecule has 0 aliphatic carbocycles. The van der Waals surface area contributed by atoms with Crippen LogP contribution < -0.4 is 4.90 Å². The number of rotatable bonds is 8. The van der Waals surface area contributed by atoms with E-state index in [0.29, 0.717) is 37.2 Å². The minimum atomic E-state index is -3.34. The van der Waals surface area contributed by atoms with Crippen LogP contribution in [0.1, 0.15) is 25.7 Å². The second-order valence-electron chi connectivity index (χ2n) is 9.72. The van der Waals surface area contributed by atoms with Crippen molar-refractivity contribution < 1.29 is 23.1 Å². The molecule has 2 aromatic carbocycles. The van der Waals surface area contributed by atoms with Crippen molar-refractivity contribution in [1.82, 2.24) is 9.80 Å². The highest BCUT2D eigenvalue weighted by molar-refractivity contribution is 7.99. The summed E-state index contributed by atoms with van der Waals surface area (Å²) in [5, 5.41) is 9.53. The van der Waals surface area contributed by atoms with E-state index in [1.807, 2.05) is 18.2 Å². The molecule has 2 unspecified atom stereocenters. The molecule has 1 fully saturated rings. The van der Waals surface area contributed by atoms with Crippen LogP contribution in [0.2, 0.25) is 0 Å². The van der Waals surface area contributed by atoms with Crippen LogP contribution in [-0.4, -0.2) is 81.2 Å². The smallest absolute Gasteiger partial charge is 0.306 e. The van der Waals surface area contributed by atoms with Gasteiger partial charge in [-0.2, -0.15) is 0 Å². The molecule has 2 atom stereocenters. The molecule has 0 saturated carbocycles. The van der Waals surface area contributed by atoms with Crippen LogP contribution in [0, 0.1) is 5.92 Å². The number of carbonyl (C=O) groups is 2. The Kier molecular flexibility index (Phi) is 7.96. The number of aliphatic carboxylic acids is 1. The quantitative estimate of drug-likeness (QED) is 0.550. The Morgan fingerprint density at radius 2 is 1.81 bits per heavy atom. The number of para-hydroxylation sites is 1. The second-order valence-corrected chi connectivity index (χ2v) is 12.8. The molecule has 2 aromatic rings. The predicted octanol–water partition coefficient (Wildman–Crippen LogP) is 3.73. The highest BCUT2D eigenvalue weighted by Crippen LogP contribution is 2.48. The minimum absolute atomic E-state index is 0.000234. The molecule has 0 spiro atoms. The van der Waals surface area contributed by atoms with E-state index in [-0.39, 0.29) is 11.9 Å². The van der Waals surface area contributed by atoms with Gasteiger partial charge >= 0.3 is 5.97 Å². The van der Waals surface area contributed by atoms with Gasteiger partial charge in [-0.15, -0.1) is 0 Å². The zero-order valence-electron chi connectivity index (χ0n) is 20.9. The maximum absolute atomic E-state index is 12.4. The number of nitrogens with zero attached hydrogens (tertiary/aromatic N) is 3. The summed E-state index contributed by atoms with van der Waals surface area (Å²) in [5.74, 6) is -1.22. The van der Waals surface area contributed by atoms with Crippen LogP contribution in [0.5, 0.6) is 0 Å². The first-order valence-corrected chi connectivity index (χ1v) is 14.8. The number of piperidine rings is 1. The average Bonchev–Trinajstić information content (AvgIpc) is 2.83. The summed E-state index contributed by atoms with van der Waals surface area (Å²) < 4.78 is 24.5. The molecular formula is C26H33N3O5S2. The number of amides is 1. The van der Waals surface area contributed by atoms with E-state index in [2.05, 4.69) is 21.9 Å². The number of carboxylic acid groups (broad SMARTS) is 1. The molecule has 0 aromatic heterocycles. The van der Waals surface area contributed by atoms with Gasteiger partial charge in [-0.05, 0) is 56.1 Å². The lowest BCUT2D eigenvalue weighted by Crippen LogP contribution is -2.47. The van der Waals surface area contributed by atoms with Crippen molar-refractivity contribution in [1.29, 1.82) is 0 Å². The first kappa shape index (κ1) is 26.5. The summed E-state index contributed by atoms with van der Waals surface area (Å²) in [7, 11) is 0.0999. The molecule has 0 bridgehead atoms. The summed E-state index contributed by atoms with van der Waals surface area (Å²) in [6.45, 7) is 2.04. The lowest BCUT2D eigenvalue weighted by molar-refractivity contribution is -0.145. The molecule has 1 N–H and O–H groups in total. The molecule has 194 valence electrons. The Morgan fingerprint density at radius 1 is 1.08 bits per heavy atom. The number of hydrogen-bond acceptors (Lipinski definition) is 7. The summed E-state index contributed by atoms with van der Waals surface area (Å²) in [6, 6.07) is 13.3. The van der Waals surface area contributed by atoms with E-state index in [0.717, 1.165) is 34.1 Å². The maximum atomic E-state index is 12.4. The highest BCUT2D eigenvalue weighted by atomic mass is 32.2. The number of carboxylic acids is 1. The molecule has 36 heavy (non-hydrogen) atoms.